The van der Waals surface area contributed by atoms with Crippen LogP contribution in [0.4, 0.5) is 0 Å². The first-order chi connectivity index (χ1) is 8.96. The van der Waals surface area contributed by atoms with E-state index in [9.17, 15) is 4.79 Å². The minimum absolute atomic E-state index is 0.152. The van der Waals surface area contributed by atoms with Crippen LogP contribution in [0.15, 0.2) is 0 Å². The molecule has 0 aromatic carbocycles. The largest absolute Gasteiger partial charge is 0.366 e. The molecule has 2 fully saturated rings. The zero-order valence-electron chi connectivity index (χ0n) is 12.7. The monoisotopic (exact) mass is 268 g/mol. The highest BCUT2D eigenvalue weighted by Crippen LogP contribution is 2.20. The average molecular weight is 268 g/mol. The first-order valence-corrected chi connectivity index (χ1v) is 7.61. The number of carbonyl (C=O) groups is 1. The predicted octanol–water partition coefficient (Wildman–Crippen LogP) is 1.89. The molecule has 1 amide bonds. The van der Waals surface area contributed by atoms with Crippen LogP contribution in [-0.2, 0) is 9.53 Å². The summed E-state index contributed by atoms with van der Waals surface area (Å²) in [5.74, 6) is 0.152. The van der Waals surface area contributed by atoms with Crippen LogP contribution in [0.2, 0.25) is 0 Å². The molecule has 2 aliphatic heterocycles. The van der Waals surface area contributed by atoms with Crippen LogP contribution in [0, 0.1) is 0 Å². The van der Waals surface area contributed by atoms with E-state index in [0.29, 0.717) is 6.04 Å². The van der Waals surface area contributed by atoms with Gasteiger partial charge in [0, 0.05) is 19.1 Å². The number of hydrogen-bond acceptors (Lipinski definition) is 3. The Balaban J connectivity index is 1.81. The fourth-order valence-electron chi connectivity index (χ4n) is 2.96. The molecule has 4 nitrogen and oxygen atoms in total. The van der Waals surface area contributed by atoms with Crippen LogP contribution in [0.3, 0.4) is 0 Å². The topological polar surface area (TPSA) is 32.8 Å². The molecule has 19 heavy (non-hydrogen) atoms. The van der Waals surface area contributed by atoms with E-state index in [4.69, 9.17) is 4.74 Å². The molecule has 110 valence electrons. The van der Waals surface area contributed by atoms with Gasteiger partial charge in [0.2, 0.25) is 5.91 Å². The van der Waals surface area contributed by atoms with Crippen LogP contribution < -0.4 is 0 Å². The third-order valence-corrected chi connectivity index (χ3v) is 4.03. The molecule has 0 bridgehead atoms. The van der Waals surface area contributed by atoms with Gasteiger partial charge in [-0.25, -0.2) is 0 Å². The molecular weight excluding hydrogens is 240 g/mol. The van der Waals surface area contributed by atoms with Gasteiger partial charge in [0.05, 0.1) is 5.60 Å². The molecule has 2 heterocycles. The van der Waals surface area contributed by atoms with Gasteiger partial charge in [-0.1, -0.05) is 0 Å². The molecule has 0 N–H and O–H groups in total. The quantitative estimate of drug-likeness (QED) is 0.783. The second-order valence-corrected chi connectivity index (χ2v) is 6.78. The van der Waals surface area contributed by atoms with E-state index >= 15 is 0 Å². The van der Waals surface area contributed by atoms with Crippen molar-refractivity contribution < 1.29 is 9.53 Å². The molecule has 2 aliphatic rings. The van der Waals surface area contributed by atoms with Gasteiger partial charge in [0.1, 0.15) is 6.61 Å². The zero-order chi connectivity index (χ0) is 13.9. The van der Waals surface area contributed by atoms with E-state index in [-0.39, 0.29) is 18.1 Å². The van der Waals surface area contributed by atoms with Crippen molar-refractivity contribution in [3.05, 3.63) is 0 Å². The van der Waals surface area contributed by atoms with E-state index in [1.807, 2.05) is 25.7 Å². The van der Waals surface area contributed by atoms with Crippen molar-refractivity contribution >= 4 is 5.91 Å². The Kier molecular flexibility index (Phi) is 4.85. The normalized spacial score (nSPS) is 25.8. The molecule has 0 aromatic heterocycles. The number of rotatable bonds is 3. The van der Waals surface area contributed by atoms with E-state index in [1.54, 1.807) is 0 Å². The molecule has 2 saturated heterocycles. The second kappa shape index (κ2) is 6.23. The van der Waals surface area contributed by atoms with Crippen molar-refractivity contribution in [2.75, 3.05) is 32.8 Å². The van der Waals surface area contributed by atoms with Crippen LogP contribution in [-0.4, -0.2) is 60.1 Å². The van der Waals surface area contributed by atoms with Gasteiger partial charge in [-0.3, -0.25) is 9.69 Å². The average Bonchev–Trinajstić information content (AvgIpc) is 2.89. The van der Waals surface area contributed by atoms with Crippen molar-refractivity contribution in [1.29, 1.82) is 0 Å². The molecule has 0 aromatic rings. The van der Waals surface area contributed by atoms with Crippen molar-refractivity contribution in [2.45, 2.75) is 58.1 Å². The fraction of sp³-hybridized carbons (Fsp3) is 0.933. The van der Waals surface area contributed by atoms with Gasteiger partial charge >= 0.3 is 0 Å². The van der Waals surface area contributed by atoms with Crippen molar-refractivity contribution in [3.8, 4) is 0 Å². The summed E-state index contributed by atoms with van der Waals surface area (Å²) in [5, 5.41) is 0. The molecule has 0 spiro atoms. The summed E-state index contributed by atoms with van der Waals surface area (Å²) >= 11 is 0. The number of hydrogen-bond donors (Lipinski definition) is 0. The maximum Gasteiger partial charge on any atom is 0.248 e. The Labute approximate surface area is 117 Å². The van der Waals surface area contributed by atoms with Crippen molar-refractivity contribution in [3.63, 3.8) is 0 Å². The van der Waals surface area contributed by atoms with Crippen molar-refractivity contribution in [2.24, 2.45) is 0 Å². The summed E-state index contributed by atoms with van der Waals surface area (Å²) in [4.78, 5) is 16.7. The van der Waals surface area contributed by atoms with E-state index < -0.39 is 0 Å². The lowest BCUT2D eigenvalue weighted by Gasteiger charge is -2.37. The maximum atomic E-state index is 12.2. The summed E-state index contributed by atoms with van der Waals surface area (Å²) < 4.78 is 5.60. The smallest absolute Gasteiger partial charge is 0.248 e. The second-order valence-electron chi connectivity index (χ2n) is 6.78. The van der Waals surface area contributed by atoms with Crippen molar-refractivity contribution in [1.82, 2.24) is 9.80 Å². The number of piperidine rings is 1. The number of ether oxygens (including phenoxy) is 1. The Bertz CT molecular complexity index is 306. The fourth-order valence-corrected chi connectivity index (χ4v) is 2.96. The van der Waals surface area contributed by atoms with Crippen LogP contribution >= 0.6 is 0 Å². The van der Waals surface area contributed by atoms with Gasteiger partial charge in [-0.05, 0) is 59.5 Å². The van der Waals surface area contributed by atoms with Crippen LogP contribution in [0.5, 0.6) is 0 Å². The molecule has 0 aliphatic carbocycles. The molecule has 2 rings (SSSR count). The Morgan fingerprint density at radius 2 is 1.84 bits per heavy atom. The van der Waals surface area contributed by atoms with Gasteiger partial charge < -0.3 is 9.64 Å². The highest BCUT2D eigenvalue weighted by atomic mass is 16.5. The Morgan fingerprint density at radius 3 is 2.47 bits per heavy atom. The standard InChI is InChI=1S/C15H28N2O2/c1-15(2,3)19-12-14(18)17-10-6-7-13(11-17)16-8-4-5-9-16/h13H,4-12H2,1-3H3. The number of nitrogens with zero attached hydrogens (tertiary/aromatic N) is 2. The summed E-state index contributed by atoms with van der Waals surface area (Å²) in [6, 6.07) is 0.579. The first kappa shape index (κ1) is 14.8. The minimum Gasteiger partial charge on any atom is -0.366 e. The highest BCUT2D eigenvalue weighted by Gasteiger charge is 2.29. The lowest BCUT2D eigenvalue weighted by molar-refractivity contribution is -0.143. The predicted molar refractivity (Wildman–Crippen MR) is 76.1 cm³/mol. The SMILES string of the molecule is CC(C)(C)OCC(=O)N1CCCC(N2CCCC2)C1. The van der Waals surface area contributed by atoms with E-state index in [1.165, 1.54) is 32.4 Å². The molecule has 0 radical (unpaired) electrons. The molecule has 1 atom stereocenters. The lowest BCUT2D eigenvalue weighted by Crippen LogP contribution is -2.50. The summed E-state index contributed by atoms with van der Waals surface area (Å²) in [7, 11) is 0. The number of carbonyl (C=O) groups excluding carboxylic acids is 1. The lowest BCUT2D eigenvalue weighted by atomic mass is 10.0. The summed E-state index contributed by atoms with van der Waals surface area (Å²) in [5.41, 5.74) is -0.236. The molecule has 4 heteroatoms. The van der Waals surface area contributed by atoms with E-state index in [0.717, 1.165) is 19.5 Å². The van der Waals surface area contributed by atoms with E-state index in [2.05, 4.69) is 4.90 Å². The highest BCUT2D eigenvalue weighted by molar-refractivity contribution is 5.77. The Hall–Kier alpha value is -0.610. The molecular formula is C15H28N2O2. The van der Waals surface area contributed by atoms with Gasteiger partial charge in [0.15, 0.2) is 0 Å². The van der Waals surface area contributed by atoms with Gasteiger partial charge in [0.25, 0.3) is 0 Å². The third kappa shape index (κ3) is 4.46. The summed E-state index contributed by atoms with van der Waals surface area (Å²) in [6.07, 6.45) is 5.00. The minimum atomic E-state index is -0.236. The number of likely N-dealkylation sites (tertiary alicyclic amines) is 2. The molecule has 0 saturated carbocycles. The maximum absolute atomic E-state index is 12.2. The van der Waals surface area contributed by atoms with Gasteiger partial charge in [-0.2, -0.15) is 0 Å². The number of amides is 1. The molecule has 1 unspecified atom stereocenters. The van der Waals surface area contributed by atoms with Crippen LogP contribution in [0.1, 0.15) is 46.5 Å². The van der Waals surface area contributed by atoms with Crippen LogP contribution in [0.25, 0.3) is 0 Å². The Morgan fingerprint density at radius 1 is 1.16 bits per heavy atom. The first-order valence-electron chi connectivity index (χ1n) is 7.61. The third-order valence-electron chi connectivity index (χ3n) is 4.03. The summed E-state index contributed by atoms with van der Waals surface area (Å²) in [6.45, 7) is 10.4. The van der Waals surface area contributed by atoms with Gasteiger partial charge in [-0.15, -0.1) is 0 Å². The zero-order valence-corrected chi connectivity index (χ0v) is 12.7.